The maximum atomic E-state index is 12.5. The van der Waals surface area contributed by atoms with Crippen molar-refractivity contribution in [2.75, 3.05) is 13.1 Å². The molecule has 0 saturated carbocycles. The molecule has 3 rings (SSSR count). The van der Waals surface area contributed by atoms with Crippen LogP contribution in [0.5, 0.6) is 0 Å². The number of aromatic nitrogens is 2. The fourth-order valence-electron chi connectivity index (χ4n) is 3.13. The van der Waals surface area contributed by atoms with Gasteiger partial charge >= 0.3 is 0 Å². The lowest BCUT2D eigenvalue weighted by Crippen LogP contribution is -2.45. The van der Waals surface area contributed by atoms with Crippen LogP contribution >= 0.6 is 0 Å². The maximum absolute atomic E-state index is 12.5. The summed E-state index contributed by atoms with van der Waals surface area (Å²) >= 11 is 0. The lowest BCUT2D eigenvalue weighted by Gasteiger charge is -2.34. The van der Waals surface area contributed by atoms with E-state index in [-0.39, 0.29) is 11.9 Å². The van der Waals surface area contributed by atoms with Gasteiger partial charge in [-0.25, -0.2) is 4.68 Å². The minimum absolute atomic E-state index is 0.145. The number of carbonyl (C=O) groups is 1. The number of nitrogens with two attached hydrogens (primary N) is 1. The van der Waals surface area contributed by atoms with E-state index >= 15 is 0 Å². The zero-order chi connectivity index (χ0) is 16.2. The zero-order valence-electron chi connectivity index (χ0n) is 13.6. The van der Waals surface area contributed by atoms with Crippen LogP contribution in [0.4, 0.5) is 0 Å². The van der Waals surface area contributed by atoms with E-state index in [1.54, 1.807) is 6.20 Å². The number of amides is 1. The Morgan fingerprint density at radius 1 is 1.39 bits per heavy atom. The molecule has 2 unspecified atom stereocenters. The van der Waals surface area contributed by atoms with Crippen LogP contribution in [0.3, 0.4) is 0 Å². The van der Waals surface area contributed by atoms with Crippen molar-refractivity contribution in [2.24, 2.45) is 11.7 Å². The van der Waals surface area contributed by atoms with Crippen molar-refractivity contribution in [2.45, 2.75) is 32.2 Å². The molecule has 23 heavy (non-hydrogen) atoms. The number of rotatable bonds is 4. The summed E-state index contributed by atoms with van der Waals surface area (Å²) < 4.78 is 1.81. The number of hydrogen-bond donors (Lipinski definition) is 1. The van der Waals surface area contributed by atoms with E-state index in [0.29, 0.717) is 12.3 Å². The van der Waals surface area contributed by atoms with Crippen molar-refractivity contribution in [1.82, 2.24) is 14.7 Å². The van der Waals surface area contributed by atoms with Gasteiger partial charge in [-0.2, -0.15) is 5.10 Å². The van der Waals surface area contributed by atoms with Gasteiger partial charge in [0.1, 0.15) is 0 Å². The first-order chi connectivity index (χ1) is 11.1. The largest absolute Gasteiger partial charge is 0.342 e. The Bertz CT molecular complexity index is 650. The number of likely N-dealkylation sites (tertiary alicyclic amines) is 1. The monoisotopic (exact) mass is 312 g/mol. The van der Waals surface area contributed by atoms with Crippen molar-refractivity contribution in [1.29, 1.82) is 0 Å². The Balaban J connectivity index is 1.63. The third kappa shape index (κ3) is 3.79. The van der Waals surface area contributed by atoms with Crippen LogP contribution in [0.1, 0.15) is 25.3 Å². The van der Waals surface area contributed by atoms with Gasteiger partial charge in [-0.3, -0.25) is 4.79 Å². The van der Waals surface area contributed by atoms with Crippen LogP contribution in [-0.2, 0) is 11.2 Å². The summed E-state index contributed by atoms with van der Waals surface area (Å²) in [4.78, 5) is 14.5. The van der Waals surface area contributed by atoms with Gasteiger partial charge in [0.05, 0.1) is 18.3 Å². The smallest absolute Gasteiger partial charge is 0.227 e. The van der Waals surface area contributed by atoms with Gasteiger partial charge in [-0.15, -0.1) is 0 Å². The first-order valence-electron chi connectivity index (χ1n) is 8.26. The second kappa shape index (κ2) is 6.96. The predicted octanol–water partition coefficient (Wildman–Crippen LogP) is 2.00. The highest BCUT2D eigenvalue weighted by Crippen LogP contribution is 2.19. The first kappa shape index (κ1) is 15.7. The third-order valence-corrected chi connectivity index (χ3v) is 4.57. The predicted molar refractivity (Wildman–Crippen MR) is 90.2 cm³/mol. The molecular formula is C18H24N4O. The highest BCUT2D eigenvalue weighted by Gasteiger charge is 2.25. The van der Waals surface area contributed by atoms with Crippen LogP contribution in [0.15, 0.2) is 42.7 Å². The van der Waals surface area contributed by atoms with Gasteiger partial charge in [0.15, 0.2) is 0 Å². The summed E-state index contributed by atoms with van der Waals surface area (Å²) in [7, 11) is 0. The molecule has 2 aromatic rings. The number of benzene rings is 1. The highest BCUT2D eigenvalue weighted by molar-refractivity contribution is 5.78. The van der Waals surface area contributed by atoms with E-state index in [1.165, 1.54) is 0 Å². The van der Waals surface area contributed by atoms with Crippen molar-refractivity contribution in [3.05, 3.63) is 48.3 Å². The van der Waals surface area contributed by atoms with E-state index in [0.717, 1.165) is 37.2 Å². The Morgan fingerprint density at radius 2 is 2.17 bits per heavy atom. The topological polar surface area (TPSA) is 64.2 Å². The van der Waals surface area contributed by atoms with E-state index in [4.69, 9.17) is 5.73 Å². The Labute approximate surface area is 137 Å². The van der Waals surface area contributed by atoms with Crippen LogP contribution in [0.25, 0.3) is 5.69 Å². The fourth-order valence-corrected chi connectivity index (χ4v) is 3.13. The summed E-state index contributed by atoms with van der Waals surface area (Å²) in [5.74, 6) is 0.586. The van der Waals surface area contributed by atoms with Crippen LogP contribution in [-0.4, -0.2) is 39.7 Å². The first-order valence-corrected chi connectivity index (χ1v) is 8.26. The average Bonchev–Trinajstić information content (AvgIpc) is 3.04. The molecule has 2 heterocycles. The minimum atomic E-state index is 0.145. The molecule has 1 saturated heterocycles. The number of hydrogen-bond acceptors (Lipinski definition) is 3. The number of para-hydroxylation sites is 1. The van der Waals surface area contributed by atoms with Crippen molar-refractivity contribution >= 4 is 5.91 Å². The summed E-state index contributed by atoms with van der Waals surface area (Å²) in [6.45, 7) is 3.65. The second-order valence-electron chi connectivity index (χ2n) is 6.41. The van der Waals surface area contributed by atoms with E-state index < -0.39 is 0 Å². The van der Waals surface area contributed by atoms with Gasteiger partial charge in [0, 0.05) is 25.3 Å². The summed E-state index contributed by atoms with van der Waals surface area (Å²) in [5.41, 5.74) is 7.95. The molecule has 1 amide bonds. The Kier molecular flexibility index (Phi) is 4.76. The van der Waals surface area contributed by atoms with Gasteiger partial charge < -0.3 is 10.6 Å². The number of piperidine rings is 1. The van der Waals surface area contributed by atoms with Crippen molar-refractivity contribution in [3.8, 4) is 5.69 Å². The lowest BCUT2D eigenvalue weighted by atomic mass is 9.92. The lowest BCUT2D eigenvalue weighted by molar-refractivity contribution is -0.132. The quantitative estimate of drug-likeness (QED) is 0.939. The van der Waals surface area contributed by atoms with Gasteiger partial charge in [-0.05, 0) is 43.4 Å². The molecule has 0 radical (unpaired) electrons. The van der Waals surface area contributed by atoms with Gasteiger partial charge in [0.2, 0.25) is 5.91 Å². The van der Waals surface area contributed by atoms with Crippen molar-refractivity contribution < 1.29 is 4.79 Å². The van der Waals surface area contributed by atoms with Crippen LogP contribution in [0, 0.1) is 5.92 Å². The normalized spacial score (nSPS) is 19.6. The van der Waals surface area contributed by atoms with Crippen LogP contribution < -0.4 is 5.73 Å². The van der Waals surface area contributed by atoms with E-state index in [2.05, 4.69) is 5.10 Å². The van der Waals surface area contributed by atoms with E-state index in [9.17, 15) is 4.79 Å². The maximum Gasteiger partial charge on any atom is 0.227 e. The molecule has 1 aromatic heterocycles. The molecule has 2 N–H and O–H groups in total. The molecule has 122 valence electrons. The number of nitrogens with zero attached hydrogens (tertiary/aromatic N) is 3. The highest BCUT2D eigenvalue weighted by atomic mass is 16.2. The third-order valence-electron chi connectivity index (χ3n) is 4.57. The number of carbonyl (C=O) groups excluding carboxylic acids is 1. The Morgan fingerprint density at radius 3 is 2.91 bits per heavy atom. The molecule has 5 heteroatoms. The molecule has 1 aliphatic heterocycles. The molecule has 5 nitrogen and oxygen atoms in total. The average molecular weight is 312 g/mol. The molecule has 0 spiro atoms. The molecule has 0 bridgehead atoms. The SMILES string of the molecule is CC(N)C1CCCN(C(=O)Cc2cnn(-c3ccccc3)c2)C1. The molecule has 1 fully saturated rings. The summed E-state index contributed by atoms with van der Waals surface area (Å²) in [5, 5.41) is 4.35. The summed E-state index contributed by atoms with van der Waals surface area (Å²) in [6.07, 6.45) is 6.27. The zero-order valence-corrected chi connectivity index (χ0v) is 13.6. The fraction of sp³-hybridized carbons (Fsp3) is 0.444. The van der Waals surface area contributed by atoms with Gasteiger partial charge in [-0.1, -0.05) is 18.2 Å². The molecule has 1 aliphatic rings. The Hall–Kier alpha value is -2.14. The summed E-state index contributed by atoms with van der Waals surface area (Å²) in [6, 6.07) is 10.1. The molecule has 1 aromatic carbocycles. The minimum Gasteiger partial charge on any atom is -0.342 e. The molecule has 0 aliphatic carbocycles. The van der Waals surface area contributed by atoms with Crippen molar-refractivity contribution in [3.63, 3.8) is 0 Å². The molecular weight excluding hydrogens is 288 g/mol. The van der Waals surface area contributed by atoms with Gasteiger partial charge in [0.25, 0.3) is 0 Å². The molecule has 2 atom stereocenters. The van der Waals surface area contributed by atoms with E-state index in [1.807, 2.05) is 53.0 Å². The standard InChI is InChI=1S/C18H24N4O/c1-14(19)16-6-5-9-21(13-16)18(23)10-15-11-20-22(12-15)17-7-3-2-4-8-17/h2-4,7-8,11-12,14,16H,5-6,9-10,13,19H2,1H3. The van der Waals surface area contributed by atoms with Crippen LogP contribution in [0.2, 0.25) is 0 Å². The second-order valence-corrected chi connectivity index (χ2v) is 6.41.